The summed E-state index contributed by atoms with van der Waals surface area (Å²) in [5, 5.41) is 23.2. The third kappa shape index (κ3) is 21.6. The fourth-order valence-corrected chi connectivity index (χ4v) is 11.3. The third-order valence-electron chi connectivity index (χ3n) is 16.8. The maximum Gasteiger partial charge on any atom is 0.246 e. The van der Waals surface area contributed by atoms with Gasteiger partial charge in [0.05, 0.1) is 6.10 Å². The van der Waals surface area contributed by atoms with Crippen molar-refractivity contribution < 1.29 is 57.8 Å². The Morgan fingerprint density at radius 3 is 1.21 bits per heavy atom. The van der Waals surface area contributed by atoms with Crippen LogP contribution in [0.15, 0.2) is 12.2 Å². The first kappa shape index (κ1) is 78.9. The topological polar surface area (TPSA) is 279 Å². The van der Waals surface area contributed by atoms with Gasteiger partial charge in [-0.1, -0.05) is 116 Å². The van der Waals surface area contributed by atoms with Crippen molar-refractivity contribution in [2.75, 3.05) is 49.3 Å². The van der Waals surface area contributed by atoms with Crippen molar-refractivity contribution >= 4 is 65.0 Å². The van der Waals surface area contributed by atoms with Crippen LogP contribution in [0.1, 0.15) is 170 Å². The molecule has 1 aliphatic heterocycles. The second kappa shape index (κ2) is 35.8. The summed E-state index contributed by atoms with van der Waals surface area (Å²) in [4.78, 5) is 170. The normalized spacial score (nSPS) is 27.4. The highest BCUT2D eigenvalue weighted by atomic mass is 16.3. The van der Waals surface area contributed by atoms with Crippen LogP contribution in [-0.2, 0) is 52.7 Å². The van der Waals surface area contributed by atoms with Gasteiger partial charge in [0.15, 0.2) is 0 Å². The molecule has 13 atom stereocenters. The van der Waals surface area contributed by atoms with E-state index >= 15 is 9.59 Å². The van der Waals surface area contributed by atoms with Crippen LogP contribution < -0.4 is 21.3 Å². The second-order valence-electron chi connectivity index (χ2n) is 26.7. The summed E-state index contributed by atoms with van der Waals surface area (Å²) >= 11 is 0. The molecule has 1 aliphatic rings. The predicted octanol–water partition coefficient (Wildman–Crippen LogP) is 4.05. The lowest BCUT2D eigenvalue weighted by atomic mass is 9.91. The highest BCUT2D eigenvalue weighted by molar-refractivity contribution is 6.00. The highest BCUT2D eigenvalue weighted by Gasteiger charge is 2.46. The Morgan fingerprint density at radius 1 is 0.402 bits per heavy atom. The Hall–Kier alpha value is -6.13. The molecule has 1 rings (SSSR count). The molecule has 1 saturated heterocycles. The van der Waals surface area contributed by atoms with Crippen LogP contribution in [0, 0.1) is 41.4 Å². The molecule has 1 fully saturated rings. The number of carbonyl (C=O) groups is 11. The Labute approximate surface area is 521 Å². The van der Waals surface area contributed by atoms with E-state index in [1.807, 2.05) is 61.5 Å². The van der Waals surface area contributed by atoms with Crippen molar-refractivity contribution in [3.63, 3.8) is 0 Å². The van der Waals surface area contributed by atoms with E-state index in [4.69, 9.17) is 0 Å². The number of hydrogen-bond donors (Lipinski definition) is 5. The first-order valence-electron chi connectivity index (χ1n) is 31.6. The van der Waals surface area contributed by atoms with Crippen LogP contribution in [0.3, 0.4) is 0 Å². The van der Waals surface area contributed by atoms with E-state index in [-0.39, 0.29) is 62.2 Å². The van der Waals surface area contributed by atoms with Gasteiger partial charge in [0.2, 0.25) is 65.0 Å². The summed E-state index contributed by atoms with van der Waals surface area (Å²) in [6.45, 7) is 31.7. The first-order valence-corrected chi connectivity index (χ1v) is 31.6. The number of aliphatic hydroxyl groups is 1. The van der Waals surface area contributed by atoms with E-state index in [0.717, 1.165) is 4.90 Å². The lowest BCUT2D eigenvalue weighted by Crippen LogP contribution is -2.64. The number of nitrogens with zero attached hydrogens (tertiary/aromatic N) is 7. The average Bonchev–Trinajstić information content (AvgIpc) is 1.23. The van der Waals surface area contributed by atoms with Crippen LogP contribution >= 0.6 is 0 Å². The molecule has 87 heavy (non-hydrogen) atoms. The molecule has 11 amide bonds. The third-order valence-corrected chi connectivity index (χ3v) is 16.8. The maximum absolute atomic E-state index is 15.2. The fourth-order valence-electron chi connectivity index (χ4n) is 11.3. The number of carbonyl (C=O) groups excluding carboxylic acids is 11. The number of aliphatic hydroxyl groups excluding tert-OH is 1. The van der Waals surface area contributed by atoms with Gasteiger partial charge in [-0.05, 0) is 107 Å². The summed E-state index contributed by atoms with van der Waals surface area (Å²) in [5.74, 6) is -9.67. The minimum absolute atomic E-state index is 0.0193. The number of hydrogen-bond acceptors (Lipinski definition) is 12. The fraction of sp³-hybridized carbons (Fsp3) is 0.797. The molecule has 0 radical (unpaired) electrons. The lowest BCUT2D eigenvalue weighted by molar-refractivity contribution is -0.157. The Morgan fingerprint density at radius 2 is 0.782 bits per heavy atom. The monoisotopic (exact) mass is 1230 g/mol. The molecule has 0 aromatic carbocycles. The Kier molecular flexibility index (Phi) is 32.4. The van der Waals surface area contributed by atoms with Crippen molar-refractivity contribution in [1.29, 1.82) is 0 Å². The van der Waals surface area contributed by atoms with Gasteiger partial charge in [0.1, 0.15) is 66.5 Å². The van der Waals surface area contributed by atoms with Gasteiger partial charge in [-0.3, -0.25) is 52.7 Å². The average molecular weight is 1230 g/mol. The minimum Gasteiger partial charge on any atom is -0.390 e. The molecule has 0 spiro atoms. The van der Waals surface area contributed by atoms with Crippen LogP contribution in [0.2, 0.25) is 0 Å². The number of allylic oxidation sites excluding steroid dienone is 2. The van der Waals surface area contributed by atoms with Crippen LogP contribution in [0.25, 0.3) is 0 Å². The molecule has 0 saturated carbocycles. The van der Waals surface area contributed by atoms with Crippen molar-refractivity contribution in [2.24, 2.45) is 41.4 Å². The number of amides is 11. The smallest absolute Gasteiger partial charge is 0.246 e. The predicted molar refractivity (Wildman–Crippen MR) is 338 cm³/mol. The SMILES string of the molecule is C/C=C/C[C@@H](C)[C@H](O)[C@@H]1C(=O)N[C@H](CC)C(=O)N(C)[C@H](CC)C(=O)N(C)[C@@H](CC(C)C)C(=O)N[C@H](C(C)C)C(=O)N(C)[C@H](CC(C)C)C(=O)N[C@H](C)C(=O)N[C@H](C)C(=O)N(C)[C@H](CC(C)C)C(=O)N(C)[C@H](CC(C)C)C(=O)N(C)[C@H](C(C)C)C(=O)N1C. The van der Waals surface area contributed by atoms with Gasteiger partial charge in [0.25, 0.3) is 0 Å². The molecular weight excluding hydrogens is 1110 g/mol. The Bertz CT molecular complexity index is 2380. The molecular formula is C64H115N11O12. The summed E-state index contributed by atoms with van der Waals surface area (Å²) in [6, 6.07) is -13.5. The summed E-state index contributed by atoms with van der Waals surface area (Å²) in [5.41, 5.74) is 0. The minimum atomic E-state index is -1.62. The van der Waals surface area contributed by atoms with E-state index in [0.29, 0.717) is 6.42 Å². The molecule has 1 heterocycles. The Balaban J connectivity index is 4.41. The maximum atomic E-state index is 15.2. The van der Waals surface area contributed by atoms with Crippen LogP contribution in [0.4, 0.5) is 0 Å². The van der Waals surface area contributed by atoms with Gasteiger partial charge in [-0.15, -0.1) is 0 Å². The highest BCUT2D eigenvalue weighted by Crippen LogP contribution is 2.26. The van der Waals surface area contributed by atoms with Crippen LogP contribution in [0.5, 0.6) is 0 Å². The van der Waals surface area contributed by atoms with E-state index in [1.54, 1.807) is 61.5 Å². The van der Waals surface area contributed by atoms with E-state index in [9.17, 15) is 48.3 Å². The molecule has 23 heteroatoms. The largest absolute Gasteiger partial charge is 0.390 e. The quantitative estimate of drug-likeness (QED) is 0.137. The van der Waals surface area contributed by atoms with Crippen LogP contribution in [-0.4, -0.2) is 226 Å². The van der Waals surface area contributed by atoms with Gasteiger partial charge in [-0.25, -0.2) is 0 Å². The van der Waals surface area contributed by atoms with E-state index in [2.05, 4.69) is 21.3 Å². The molecule has 23 nitrogen and oxygen atoms in total. The zero-order chi connectivity index (χ0) is 67.6. The van der Waals surface area contributed by atoms with Crippen molar-refractivity contribution in [1.82, 2.24) is 55.6 Å². The second-order valence-corrected chi connectivity index (χ2v) is 26.7. The zero-order valence-electron chi connectivity index (χ0n) is 57.6. The molecule has 0 aromatic heterocycles. The number of likely N-dealkylation sites (N-methyl/N-ethyl adjacent to an activating group) is 7. The molecule has 5 N–H and O–H groups in total. The van der Waals surface area contributed by atoms with Gasteiger partial charge in [0, 0.05) is 49.3 Å². The van der Waals surface area contributed by atoms with Gasteiger partial charge >= 0.3 is 0 Å². The zero-order valence-corrected chi connectivity index (χ0v) is 57.6. The summed E-state index contributed by atoms with van der Waals surface area (Å²) in [6.07, 6.45) is 3.12. The lowest BCUT2D eigenvalue weighted by Gasteiger charge is -2.41. The summed E-state index contributed by atoms with van der Waals surface area (Å²) in [7, 11) is 10.0. The van der Waals surface area contributed by atoms with Gasteiger partial charge in [-0.2, -0.15) is 0 Å². The van der Waals surface area contributed by atoms with Crippen molar-refractivity contribution in [3.05, 3.63) is 12.2 Å². The van der Waals surface area contributed by atoms with Gasteiger partial charge < -0.3 is 60.7 Å². The van der Waals surface area contributed by atoms with E-state index in [1.165, 1.54) is 92.6 Å². The first-order chi connectivity index (χ1) is 40.2. The van der Waals surface area contributed by atoms with Crippen molar-refractivity contribution in [3.8, 4) is 0 Å². The van der Waals surface area contributed by atoms with E-state index < -0.39 is 155 Å². The molecule has 498 valence electrons. The summed E-state index contributed by atoms with van der Waals surface area (Å²) < 4.78 is 0. The number of nitrogens with one attached hydrogen (secondary N) is 4. The molecule has 0 bridgehead atoms. The molecule has 0 unspecified atom stereocenters. The standard InChI is InChI=1S/C64H115N11O12/c1-26-29-30-41(16)53(76)52-57(80)67-44(27-2)59(82)69(19)45(28-3)60(83)70(20)47(32-36(6)7)56(79)68-50(39(12)13)63(86)71(21)46(31-35(4)5)55(78)65-42(17)54(77)66-43(18)58(81)72(22)48(33-37(8)9)61(84)73(23)49(34-38(10)11)62(85)74(24)51(40(14)15)64(87)75(52)25/h26,29,35-53,76H,27-28,30-34H2,1-25H3,(H,65,78)(H,66,77)(H,67,80)(H,68,79)/b29-26+/t41-,42-,43-,44-,45-,46-,47+,48-,49-,50-,51-,52-,53+/m1/s1. The number of rotatable bonds is 16. The van der Waals surface area contributed by atoms with Crippen molar-refractivity contribution in [2.45, 2.75) is 242 Å². The molecule has 0 aromatic rings. The molecule has 0 aliphatic carbocycles.